The molecule has 2 rings (SSSR count). The number of carbonyl (C=O) groups is 1. The molecule has 0 aromatic carbocycles. The second kappa shape index (κ2) is 5.05. The summed E-state index contributed by atoms with van der Waals surface area (Å²) >= 11 is 0. The number of hydrogen-bond acceptors (Lipinski definition) is 4. The van der Waals surface area contributed by atoms with Crippen LogP contribution in [-0.2, 0) is 4.74 Å². The number of amides is 1. The normalized spacial score (nSPS) is 24.3. The van der Waals surface area contributed by atoms with Gasteiger partial charge in [-0.2, -0.15) is 0 Å². The molecule has 2 heterocycles. The molecule has 0 saturated carbocycles. The molecule has 1 amide bonds. The van der Waals surface area contributed by atoms with Crippen molar-refractivity contribution in [3.05, 3.63) is 30.1 Å². The topological polar surface area (TPSA) is 63.2 Å². The van der Waals surface area contributed by atoms with Gasteiger partial charge in [0.1, 0.15) is 0 Å². The molecule has 5 nitrogen and oxygen atoms in total. The van der Waals surface area contributed by atoms with Crippen molar-refractivity contribution >= 4 is 5.91 Å². The zero-order valence-electron chi connectivity index (χ0n) is 9.14. The molecule has 0 radical (unpaired) electrons. The monoisotopic (exact) mass is 221 g/mol. The van der Waals surface area contributed by atoms with Crippen molar-refractivity contribution in [3.8, 4) is 0 Å². The number of carbonyl (C=O) groups excluding carboxylic acids is 1. The van der Waals surface area contributed by atoms with Crippen LogP contribution in [0.2, 0.25) is 0 Å². The summed E-state index contributed by atoms with van der Waals surface area (Å²) in [6.45, 7) is 1.51. The molecule has 86 valence electrons. The number of aromatic nitrogens is 1. The van der Waals surface area contributed by atoms with Crippen molar-refractivity contribution in [2.24, 2.45) is 0 Å². The van der Waals surface area contributed by atoms with E-state index in [2.05, 4.69) is 15.6 Å². The summed E-state index contributed by atoms with van der Waals surface area (Å²) in [7, 11) is 1.65. The lowest BCUT2D eigenvalue weighted by Gasteiger charge is -2.18. The van der Waals surface area contributed by atoms with Crippen molar-refractivity contribution < 1.29 is 9.53 Å². The van der Waals surface area contributed by atoms with E-state index in [0.717, 1.165) is 13.1 Å². The van der Waals surface area contributed by atoms with Gasteiger partial charge in [0.25, 0.3) is 5.91 Å². The SMILES string of the molecule is CO[C@H]1CNCC1NC(=O)c1cccnc1. The molecule has 1 aliphatic rings. The van der Waals surface area contributed by atoms with Crippen molar-refractivity contribution in [1.29, 1.82) is 0 Å². The first-order valence-corrected chi connectivity index (χ1v) is 5.25. The number of nitrogens with zero attached hydrogens (tertiary/aromatic N) is 1. The predicted molar refractivity (Wildman–Crippen MR) is 59.2 cm³/mol. The molecule has 2 N–H and O–H groups in total. The summed E-state index contributed by atoms with van der Waals surface area (Å²) in [6.07, 6.45) is 3.24. The minimum Gasteiger partial charge on any atom is -0.378 e. The smallest absolute Gasteiger partial charge is 0.253 e. The van der Waals surface area contributed by atoms with Gasteiger partial charge in [0.15, 0.2) is 0 Å². The molecule has 2 atom stereocenters. The Morgan fingerprint density at radius 2 is 2.50 bits per heavy atom. The highest BCUT2D eigenvalue weighted by Gasteiger charge is 2.28. The molecule has 1 fully saturated rings. The number of nitrogens with one attached hydrogen (secondary N) is 2. The minimum atomic E-state index is -0.108. The Bertz CT molecular complexity index is 356. The summed E-state index contributed by atoms with van der Waals surface area (Å²) in [5.74, 6) is -0.108. The summed E-state index contributed by atoms with van der Waals surface area (Å²) in [6, 6.07) is 3.51. The second-order valence-electron chi connectivity index (χ2n) is 3.75. The van der Waals surface area contributed by atoms with E-state index < -0.39 is 0 Å². The maximum atomic E-state index is 11.8. The molecule has 5 heteroatoms. The molecule has 0 spiro atoms. The quantitative estimate of drug-likeness (QED) is 0.742. The van der Waals surface area contributed by atoms with Crippen molar-refractivity contribution in [2.45, 2.75) is 12.1 Å². The van der Waals surface area contributed by atoms with Gasteiger partial charge in [-0.25, -0.2) is 0 Å². The fourth-order valence-electron chi connectivity index (χ4n) is 1.80. The van der Waals surface area contributed by atoms with Crippen LogP contribution in [0.1, 0.15) is 10.4 Å². The molecule has 0 aliphatic carbocycles. The van der Waals surface area contributed by atoms with Crippen LogP contribution in [0.5, 0.6) is 0 Å². The summed E-state index contributed by atoms with van der Waals surface area (Å²) in [5.41, 5.74) is 0.573. The molecular weight excluding hydrogens is 206 g/mol. The third-order valence-corrected chi connectivity index (χ3v) is 2.70. The fraction of sp³-hybridized carbons (Fsp3) is 0.455. The largest absolute Gasteiger partial charge is 0.378 e. The maximum absolute atomic E-state index is 11.8. The maximum Gasteiger partial charge on any atom is 0.253 e. The Balaban J connectivity index is 1.97. The first-order chi connectivity index (χ1) is 7.81. The van der Waals surface area contributed by atoms with Crippen LogP contribution in [0.3, 0.4) is 0 Å². The third kappa shape index (κ3) is 2.37. The lowest BCUT2D eigenvalue weighted by atomic mass is 10.2. The molecule has 1 aromatic heterocycles. The molecule has 0 bridgehead atoms. The zero-order valence-corrected chi connectivity index (χ0v) is 9.14. The van der Waals surface area contributed by atoms with Gasteiger partial charge in [-0.05, 0) is 12.1 Å². The third-order valence-electron chi connectivity index (χ3n) is 2.70. The highest BCUT2D eigenvalue weighted by molar-refractivity contribution is 5.94. The molecule has 1 unspecified atom stereocenters. The van der Waals surface area contributed by atoms with E-state index in [4.69, 9.17) is 4.74 Å². The molecule has 1 aliphatic heterocycles. The van der Waals surface area contributed by atoms with Crippen LogP contribution in [0.25, 0.3) is 0 Å². The van der Waals surface area contributed by atoms with Crippen molar-refractivity contribution in [1.82, 2.24) is 15.6 Å². The summed E-state index contributed by atoms with van der Waals surface area (Å²) < 4.78 is 5.27. The van der Waals surface area contributed by atoms with E-state index in [1.54, 1.807) is 31.6 Å². The van der Waals surface area contributed by atoms with E-state index in [9.17, 15) is 4.79 Å². The van der Waals surface area contributed by atoms with E-state index in [0.29, 0.717) is 5.56 Å². The summed E-state index contributed by atoms with van der Waals surface area (Å²) in [4.78, 5) is 15.7. The van der Waals surface area contributed by atoms with Gasteiger partial charge in [-0.1, -0.05) is 0 Å². The predicted octanol–water partition coefficient (Wildman–Crippen LogP) is -0.202. The number of hydrogen-bond donors (Lipinski definition) is 2. The van der Waals surface area contributed by atoms with E-state index in [1.165, 1.54) is 0 Å². The molecular formula is C11H15N3O2. The van der Waals surface area contributed by atoms with E-state index in [-0.39, 0.29) is 18.1 Å². The second-order valence-corrected chi connectivity index (χ2v) is 3.75. The lowest BCUT2D eigenvalue weighted by Crippen LogP contribution is -2.43. The fourth-order valence-corrected chi connectivity index (χ4v) is 1.80. The van der Waals surface area contributed by atoms with Crippen LogP contribution >= 0.6 is 0 Å². The number of pyridine rings is 1. The number of ether oxygens (including phenoxy) is 1. The summed E-state index contributed by atoms with van der Waals surface area (Å²) in [5, 5.41) is 6.10. The van der Waals surface area contributed by atoms with Crippen LogP contribution in [0.15, 0.2) is 24.5 Å². The highest BCUT2D eigenvalue weighted by Crippen LogP contribution is 2.05. The Hall–Kier alpha value is -1.46. The Kier molecular flexibility index (Phi) is 3.48. The average molecular weight is 221 g/mol. The molecule has 1 aromatic rings. The molecule has 1 saturated heterocycles. The van der Waals surface area contributed by atoms with Gasteiger partial charge >= 0.3 is 0 Å². The van der Waals surface area contributed by atoms with Gasteiger partial charge in [0.2, 0.25) is 0 Å². The van der Waals surface area contributed by atoms with Crippen LogP contribution in [0, 0.1) is 0 Å². The van der Waals surface area contributed by atoms with Gasteiger partial charge in [0, 0.05) is 32.6 Å². The standard InChI is InChI=1S/C11H15N3O2/c1-16-10-7-13-6-9(10)14-11(15)8-3-2-4-12-5-8/h2-5,9-10,13H,6-7H2,1H3,(H,14,15)/t9?,10-/m0/s1. The first kappa shape index (κ1) is 11.0. The Morgan fingerprint density at radius 1 is 1.62 bits per heavy atom. The zero-order chi connectivity index (χ0) is 11.4. The van der Waals surface area contributed by atoms with Crippen LogP contribution < -0.4 is 10.6 Å². The lowest BCUT2D eigenvalue weighted by molar-refractivity contribution is 0.0779. The minimum absolute atomic E-state index is 0.0257. The number of rotatable bonds is 3. The Labute approximate surface area is 94.2 Å². The van der Waals surface area contributed by atoms with Gasteiger partial charge in [0.05, 0.1) is 17.7 Å². The van der Waals surface area contributed by atoms with Crippen LogP contribution in [0.4, 0.5) is 0 Å². The van der Waals surface area contributed by atoms with Gasteiger partial charge < -0.3 is 15.4 Å². The van der Waals surface area contributed by atoms with Crippen molar-refractivity contribution in [2.75, 3.05) is 20.2 Å². The Morgan fingerprint density at radius 3 is 3.19 bits per heavy atom. The first-order valence-electron chi connectivity index (χ1n) is 5.25. The molecule has 16 heavy (non-hydrogen) atoms. The van der Waals surface area contributed by atoms with E-state index in [1.807, 2.05) is 0 Å². The average Bonchev–Trinajstić information content (AvgIpc) is 2.77. The van der Waals surface area contributed by atoms with Crippen molar-refractivity contribution in [3.63, 3.8) is 0 Å². The van der Waals surface area contributed by atoms with E-state index >= 15 is 0 Å². The van der Waals surface area contributed by atoms with Crippen LogP contribution in [-0.4, -0.2) is 43.2 Å². The highest BCUT2D eigenvalue weighted by atomic mass is 16.5. The number of methoxy groups -OCH3 is 1. The van der Waals surface area contributed by atoms with Gasteiger partial charge in [-0.15, -0.1) is 0 Å². The van der Waals surface area contributed by atoms with Gasteiger partial charge in [-0.3, -0.25) is 9.78 Å².